The van der Waals surface area contributed by atoms with Gasteiger partial charge in [0.15, 0.2) is 0 Å². The van der Waals surface area contributed by atoms with Crippen molar-refractivity contribution in [3.05, 3.63) is 71.3 Å². The first-order valence-electron chi connectivity index (χ1n) is 10.4. The zero-order valence-electron chi connectivity index (χ0n) is 18.1. The predicted octanol–water partition coefficient (Wildman–Crippen LogP) is 1.44. The molecule has 3 aromatic rings. The number of benzene rings is 2. The molecule has 6 N–H and O–H groups in total. The predicted molar refractivity (Wildman–Crippen MR) is 123 cm³/mol. The summed E-state index contributed by atoms with van der Waals surface area (Å²) in [5.41, 5.74) is 10.3. The van der Waals surface area contributed by atoms with Crippen LogP contribution in [0.3, 0.4) is 0 Å². The van der Waals surface area contributed by atoms with E-state index in [0.29, 0.717) is 19.4 Å². The lowest BCUT2D eigenvalue weighted by Crippen LogP contribution is -2.49. The van der Waals surface area contributed by atoms with Gasteiger partial charge in [0.2, 0.25) is 5.91 Å². The highest BCUT2D eigenvalue weighted by atomic mass is 16.2. The van der Waals surface area contributed by atoms with Crippen molar-refractivity contribution >= 4 is 28.5 Å². The lowest BCUT2D eigenvalue weighted by atomic mass is 10.0. The Hall–Kier alpha value is -3.85. The number of nitrogens with one attached hydrogen (secondary N) is 2. The molecule has 1 aliphatic rings. The van der Waals surface area contributed by atoms with E-state index in [4.69, 9.17) is 11.6 Å². The van der Waals surface area contributed by atoms with Gasteiger partial charge in [-0.05, 0) is 43.0 Å². The van der Waals surface area contributed by atoms with Gasteiger partial charge >= 0.3 is 0 Å². The molecule has 0 bridgehead atoms. The van der Waals surface area contributed by atoms with Crippen LogP contribution in [0.4, 0.5) is 5.69 Å². The molecule has 2 heterocycles. The van der Waals surface area contributed by atoms with Crippen LogP contribution in [0.1, 0.15) is 23.4 Å². The number of aromatic nitrogens is 2. The average Bonchev–Trinajstić information content (AvgIpc) is 3.10. The number of hydrogen-bond donors (Lipinski definition) is 4. The molecule has 4 rings (SSSR count). The number of rotatable bonds is 5. The summed E-state index contributed by atoms with van der Waals surface area (Å²) in [6.07, 6.45) is 2.25. The number of likely N-dealkylation sites (N-methyl/N-ethyl adjacent to an activating group) is 1. The molecule has 1 atom stereocenters. The molecule has 0 saturated carbocycles. The minimum absolute atomic E-state index is 0.0963. The average molecular weight is 434 g/mol. The standard InChI is InChI=1S/C23H27N7O2/c1-14-26-18-10-16-8-9-17(23(32)29(2)20(16)11-19(18)27-14)28-22(31)21(12-24)30(25)13-15-6-4-3-5-7-15/h3-7,10-12,17H,8-9,13,24-25H2,1-2H3,(H,26,27)(H,28,31)/b21-12-/t17-/m0/s1. The van der Waals surface area contributed by atoms with E-state index in [1.54, 1.807) is 11.9 Å². The third-order valence-corrected chi connectivity index (χ3v) is 5.69. The maximum absolute atomic E-state index is 13.1. The van der Waals surface area contributed by atoms with Crippen molar-refractivity contribution in [2.45, 2.75) is 32.4 Å². The molecule has 0 unspecified atom stereocenters. The largest absolute Gasteiger partial charge is 0.403 e. The fourth-order valence-corrected chi connectivity index (χ4v) is 4.04. The van der Waals surface area contributed by atoms with E-state index in [-0.39, 0.29) is 11.6 Å². The summed E-state index contributed by atoms with van der Waals surface area (Å²) in [6.45, 7) is 2.20. The maximum atomic E-state index is 13.1. The molecule has 0 saturated heterocycles. The molecule has 1 aromatic heterocycles. The third kappa shape index (κ3) is 4.15. The van der Waals surface area contributed by atoms with Crippen LogP contribution in [0.5, 0.6) is 0 Å². The van der Waals surface area contributed by atoms with Crippen molar-refractivity contribution in [2.75, 3.05) is 11.9 Å². The summed E-state index contributed by atoms with van der Waals surface area (Å²) in [7, 11) is 1.71. The highest BCUT2D eigenvalue weighted by molar-refractivity contribution is 6.03. The molecule has 0 radical (unpaired) electrons. The van der Waals surface area contributed by atoms with E-state index < -0.39 is 11.9 Å². The Kier molecular flexibility index (Phi) is 5.83. The van der Waals surface area contributed by atoms with Gasteiger partial charge in [0.1, 0.15) is 17.6 Å². The Bertz CT molecular complexity index is 1190. The van der Waals surface area contributed by atoms with E-state index in [2.05, 4.69) is 15.3 Å². The van der Waals surface area contributed by atoms with Crippen LogP contribution in [0, 0.1) is 6.92 Å². The van der Waals surface area contributed by atoms with Crippen molar-refractivity contribution in [3.8, 4) is 0 Å². The summed E-state index contributed by atoms with van der Waals surface area (Å²) < 4.78 is 0. The fourth-order valence-electron chi connectivity index (χ4n) is 4.04. The van der Waals surface area contributed by atoms with Gasteiger partial charge in [-0.25, -0.2) is 10.8 Å². The summed E-state index contributed by atoms with van der Waals surface area (Å²) >= 11 is 0. The monoisotopic (exact) mass is 433 g/mol. The molecule has 2 aromatic carbocycles. The Labute approximate surface area is 186 Å². The van der Waals surface area contributed by atoms with Crippen LogP contribution in [0.25, 0.3) is 11.0 Å². The number of H-pyrrole nitrogens is 1. The Morgan fingerprint density at radius 3 is 2.81 bits per heavy atom. The second kappa shape index (κ2) is 8.72. The van der Waals surface area contributed by atoms with Crippen LogP contribution >= 0.6 is 0 Å². The SMILES string of the molecule is Cc1nc2cc3c(cc2[nH]1)CC[C@H](NC(=O)/C(=C/N)N(N)Cc1ccccc1)C(=O)N3C. The summed E-state index contributed by atoms with van der Waals surface area (Å²) in [5, 5.41) is 4.09. The second-order valence-electron chi connectivity index (χ2n) is 7.95. The first kappa shape index (κ1) is 21.4. The second-order valence-corrected chi connectivity index (χ2v) is 7.95. The number of anilines is 1. The number of nitrogens with two attached hydrogens (primary N) is 2. The molecular formula is C23H27N7O2. The molecule has 0 aliphatic carbocycles. The van der Waals surface area contributed by atoms with Crippen molar-refractivity contribution in [1.29, 1.82) is 0 Å². The van der Waals surface area contributed by atoms with Crippen molar-refractivity contribution < 1.29 is 9.59 Å². The number of hydrazine groups is 1. The summed E-state index contributed by atoms with van der Waals surface area (Å²) in [5.74, 6) is 6.23. The Morgan fingerprint density at radius 1 is 1.34 bits per heavy atom. The van der Waals surface area contributed by atoms with Crippen LogP contribution in [0.2, 0.25) is 0 Å². The van der Waals surface area contributed by atoms with Crippen LogP contribution < -0.4 is 21.8 Å². The molecule has 9 nitrogen and oxygen atoms in total. The molecule has 9 heteroatoms. The first-order chi connectivity index (χ1) is 15.4. The Morgan fingerprint density at radius 2 is 2.09 bits per heavy atom. The van der Waals surface area contributed by atoms with Gasteiger partial charge in [-0.2, -0.15) is 0 Å². The summed E-state index contributed by atoms with van der Waals surface area (Å²) in [4.78, 5) is 35.3. The van der Waals surface area contributed by atoms with Gasteiger partial charge < -0.3 is 25.9 Å². The minimum Gasteiger partial charge on any atom is -0.403 e. The van der Waals surface area contributed by atoms with Gasteiger partial charge in [0, 0.05) is 18.9 Å². The highest BCUT2D eigenvalue weighted by Crippen LogP contribution is 2.30. The van der Waals surface area contributed by atoms with Crippen molar-refractivity contribution in [3.63, 3.8) is 0 Å². The molecule has 0 fully saturated rings. The summed E-state index contributed by atoms with van der Waals surface area (Å²) in [6, 6.07) is 12.7. The molecule has 32 heavy (non-hydrogen) atoms. The van der Waals surface area contributed by atoms with Gasteiger partial charge in [-0.1, -0.05) is 30.3 Å². The first-order valence-corrected chi connectivity index (χ1v) is 10.4. The normalized spacial score (nSPS) is 16.6. The molecule has 2 amide bonds. The van der Waals surface area contributed by atoms with Gasteiger partial charge in [0.05, 0.1) is 17.6 Å². The minimum atomic E-state index is -0.701. The number of aryl methyl sites for hydroxylation is 2. The fraction of sp³-hybridized carbons (Fsp3) is 0.261. The lowest BCUT2D eigenvalue weighted by Gasteiger charge is -2.25. The zero-order valence-corrected chi connectivity index (χ0v) is 18.1. The van der Waals surface area contributed by atoms with E-state index in [1.807, 2.05) is 49.4 Å². The molecule has 0 spiro atoms. The van der Waals surface area contributed by atoms with E-state index >= 15 is 0 Å². The van der Waals surface area contributed by atoms with E-state index in [1.165, 1.54) is 5.01 Å². The third-order valence-electron chi connectivity index (χ3n) is 5.69. The number of carbonyl (C=O) groups is 2. The van der Waals surface area contributed by atoms with E-state index in [0.717, 1.165) is 39.9 Å². The lowest BCUT2D eigenvalue weighted by molar-refractivity contribution is -0.126. The zero-order chi connectivity index (χ0) is 22.8. The molecular weight excluding hydrogens is 406 g/mol. The van der Waals surface area contributed by atoms with Gasteiger partial charge in [0.25, 0.3) is 5.91 Å². The number of nitrogens with zero attached hydrogens (tertiary/aromatic N) is 3. The smallest absolute Gasteiger partial charge is 0.271 e. The highest BCUT2D eigenvalue weighted by Gasteiger charge is 2.31. The molecule has 166 valence electrons. The van der Waals surface area contributed by atoms with Crippen molar-refractivity contribution in [1.82, 2.24) is 20.3 Å². The van der Waals surface area contributed by atoms with Crippen LogP contribution in [-0.2, 0) is 22.6 Å². The number of imidazole rings is 1. The number of carbonyl (C=O) groups excluding carboxylic acids is 2. The van der Waals surface area contributed by atoms with Crippen molar-refractivity contribution in [2.24, 2.45) is 11.6 Å². The van der Waals surface area contributed by atoms with E-state index in [9.17, 15) is 9.59 Å². The topological polar surface area (TPSA) is 133 Å². The van der Waals surface area contributed by atoms with Crippen LogP contribution in [-0.4, -0.2) is 39.9 Å². The van der Waals surface area contributed by atoms with Gasteiger partial charge in [-0.3, -0.25) is 9.59 Å². The molecule has 1 aliphatic heterocycles. The number of aromatic amines is 1. The quantitative estimate of drug-likeness (QED) is 0.273. The number of hydrogen-bond acceptors (Lipinski definition) is 6. The van der Waals surface area contributed by atoms with Gasteiger partial charge in [-0.15, -0.1) is 0 Å². The number of fused-ring (bicyclic) bond motifs is 2. The Balaban J connectivity index is 1.50. The van der Waals surface area contributed by atoms with Crippen LogP contribution in [0.15, 0.2) is 54.4 Å². The maximum Gasteiger partial charge on any atom is 0.271 e. The number of amides is 2.